The van der Waals surface area contributed by atoms with Gasteiger partial charge < -0.3 is 9.80 Å². The summed E-state index contributed by atoms with van der Waals surface area (Å²) in [4.78, 5) is 4.61. The zero-order chi connectivity index (χ0) is 33.5. The molecule has 0 atom stereocenters. The van der Waals surface area contributed by atoms with E-state index in [1.54, 1.807) is 0 Å². The summed E-state index contributed by atoms with van der Waals surface area (Å²) < 4.78 is 0. The lowest BCUT2D eigenvalue weighted by Crippen LogP contribution is -2.09. The Morgan fingerprint density at radius 2 is 0.620 bits per heavy atom. The molecule has 0 aliphatic carbocycles. The van der Waals surface area contributed by atoms with E-state index in [0.717, 1.165) is 45.3 Å². The molecule has 0 amide bonds. The normalized spacial score (nSPS) is 11.1. The van der Waals surface area contributed by atoms with Crippen LogP contribution in [0.1, 0.15) is 11.1 Å². The van der Waals surface area contributed by atoms with Gasteiger partial charge in [0.05, 0.1) is 0 Å². The smallest absolute Gasteiger partial charge is 0.0468 e. The molecular weight excluding hydrogens is 605 g/mol. The highest BCUT2D eigenvalue weighted by molar-refractivity contribution is 5.89. The van der Waals surface area contributed by atoms with Crippen molar-refractivity contribution in [2.45, 2.75) is 0 Å². The highest BCUT2D eigenvalue weighted by Gasteiger charge is 2.14. The first-order valence-electron chi connectivity index (χ1n) is 17.0. The molecule has 0 spiro atoms. The Balaban J connectivity index is 1.03. The minimum absolute atomic E-state index is 1.11. The summed E-state index contributed by atoms with van der Waals surface area (Å²) in [6.45, 7) is 0. The highest BCUT2D eigenvalue weighted by atomic mass is 15.1. The minimum atomic E-state index is 1.11. The van der Waals surface area contributed by atoms with Crippen LogP contribution in [0.3, 0.4) is 0 Å². The molecule has 2 heteroatoms. The zero-order valence-corrected chi connectivity index (χ0v) is 27.7. The molecule has 0 unspecified atom stereocenters. The Hall–Kier alpha value is -6.64. The molecule has 0 saturated heterocycles. The summed E-state index contributed by atoms with van der Waals surface area (Å²) >= 11 is 0. The lowest BCUT2D eigenvalue weighted by molar-refractivity contribution is 1.28. The first-order chi connectivity index (χ1) is 24.8. The number of benzene rings is 8. The third-order valence-corrected chi connectivity index (χ3v) is 9.02. The fraction of sp³-hybridized carbons (Fsp3) is 0. The minimum Gasteiger partial charge on any atom is -0.311 e. The van der Waals surface area contributed by atoms with Gasteiger partial charge in [0.1, 0.15) is 0 Å². The van der Waals surface area contributed by atoms with Crippen molar-refractivity contribution in [1.29, 1.82) is 0 Å². The van der Waals surface area contributed by atoms with Crippen LogP contribution >= 0.6 is 0 Å². The molecule has 0 aromatic heterocycles. The molecule has 0 heterocycles. The van der Waals surface area contributed by atoms with Crippen molar-refractivity contribution in [2.75, 3.05) is 9.80 Å². The van der Waals surface area contributed by atoms with E-state index in [1.807, 2.05) is 0 Å². The Bertz CT molecular complexity index is 2330. The average Bonchev–Trinajstić information content (AvgIpc) is 3.20. The van der Waals surface area contributed by atoms with E-state index >= 15 is 0 Å². The Labute approximate surface area is 294 Å². The lowest BCUT2D eigenvalue weighted by Gasteiger charge is -2.26. The molecule has 0 fully saturated rings. The zero-order valence-electron chi connectivity index (χ0n) is 27.7. The Morgan fingerprint density at radius 1 is 0.260 bits per heavy atom. The first-order valence-corrected chi connectivity index (χ1v) is 17.0. The number of nitrogens with zero attached hydrogens (tertiary/aromatic N) is 2. The second-order valence-corrected chi connectivity index (χ2v) is 12.3. The van der Waals surface area contributed by atoms with Gasteiger partial charge in [0, 0.05) is 34.1 Å². The maximum Gasteiger partial charge on any atom is 0.0468 e. The maximum absolute atomic E-state index is 2.31. The van der Waals surface area contributed by atoms with E-state index in [9.17, 15) is 0 Å². The van der Waals surface area contributed by atoms with Gasteiger partial charge in [-0.05, 0) is 106 Å². The monoisotopic (exact) mass is 640 g/mol. The van der Waals surface area contributed by atoms with Gasteiger partial charge in [-0.1, -0.05) is 146 Å². The van der Waals surface area contributed by atoms with Crippen LogP contribution in [-0.2, 0) is 0 Å². The van der Waals surface area contributed by atoms with E-state index in [0.29, 0.717) is 0 Å². The van der Waals surface area contributed by atoms with E-state index in [1.165, 1.54) is 21.9 Å². The van der Waals surface area contributed by atoms with Gasteiger partial charge in [-0.15, -0.1) is 0 Å². The van der Waals surface area contributed by atoms with Crippen LogP contribution < -0.4 is 9.80 Å². The van der Waals surface area contributed by atoms with Crippen LogP contribution in [0.15, 0.2) is 206 Å². The van der Waals surface area contributed by atoms with Gasteiger partial charge >= 0.3 is 0 Å². The summed E-state index contributed by atoms with van der Waals surface area (Å²) in [7, 11) is 0. The average molecular weight is 641 g/mol. The van der Waals surface area contributed by atoms with Crippen molar-refractivity contribution in [3.05, 3.63) is 217 Å². The predicted molar refractivity (Wildman–Crippen MR) is 214 cm³/mol. The van der Waals surface area contributed by atoms with Crippen molar-refractivity contribution in [1.82, 2.24) is 0 Å². The molecule has 0 N–H and O–H groups in total. The van der Waals surface area contributed by atoms with E-state index < -0.39 is 0 Å². The maximum atomic E-state index is 2.31. The second kappa shape index (κ2) is 14.2. The molecular formula is C48H36N2. The molecule has 0 radical (unpaired) electrons. The molecule has 8 aromatic rings. The van der Waals surface area contributed by atoms with Gasteiger partial charge in [-0.2, -0.15) is 0 Å². The SMILES string of the molecule is C(=C\c1ccc(N(c2ccccc2)c2ccc3ccccc3c2)cc1)/c1ccc(N(c2ccccc2)c2ccc(-c3ccccc3)cc2)cc1. The number of para-hydroxylation sites is 2. The third-order valence-electron chi connectivity index (χ3n) is 9.02. The lowest BCUT2D eigenvalue weighted by atomic mass is 10.0. The number of fused-ring (bicyclic) bond motifs is 1. The van der Waals surface area contributed by atoms with Gasteiger partial charge in [0.2, 0.25) is 0 Å². The van der Waals surface area contributed by atoms with Crippen molar-refractivity contribution in [3.63, 3.8) is 0 Å². The van der Waals surface area contributed by atoms with Crippen LogP contribution in [0.2, 0.25) is 0 Å². The van der Waals surface area contributed by atoms with Crippen LogP contribution in [0, 0.1) is 0 Å². The van der Waals surface area contributed by atoms with Crippen molar-refractivity contribution in [3.8, 4) is 11.1 Å². The van der Waals surface area contributed by atoms with Crippen molar-refractivity contribution >= 4 is 57.0 Å². The quantitative estimate of drug-likeness (QED) is 0.145. The standard InChI is InChI=1S/C48H36N2/c1-4-12-39(13-5-1)41-26-33-47(34-27-41)49(43-16-6-2-7-17-43)45-29-22-37(23-30-45)20-21-38-24-31-46(32-25-38)50(44-18-8-3-9-19-44)48-35-28-40-14-10-11-15-42(40)36-48/h1-36H/b21-20+. The topological polar surface area (TPSA) is 6.48 Å². The molecule has 0 bridgehead atoms. The molecule has 8 rings (SSSR count). The number of rotatable bonds is 9. The molecule has 2 nitrogen and oxygen atoms in total. The summed E-state index contributed by atoms with van der Waals surface area (Å²) in [6.07, 6.45) is 4.36. The fourth-order valence-electron chi connectivity index (χ4n) is 6.46. The first kappa shape index (κ1) is 30.7. The highest BCUT2D eigenvalue weighted by Crippen LogP contribution is 2.37. The fourth-order valence-corrected chi connectivity index (χ4v) is 6.46. The Kier molecular flexibility index (Phi) is 8.73. The number of hydrogen-bond donors (Lipinski definition) is 0. The molecule has 0 aliphatic rings. The predicted octanol–water partition coefficient (Wildman–Crippen LogP) is 13.6. The molecule has 50 heavy (non-hydrogen) atoms. The van der Waals surface area contributed by atoms with Gasteiger partial charge in [0.25, 0.3) is 0 Å². The van der Waals surface area contributed by atoms with E-state index in [4.69, 9.17) is 0 Å². The van der Waals surface area contributed by atoms with Crippen LogP contribution in [0.25, 0.3) is 34.1 Å². The van der Waals surface area contributed by atoms with Crippen molar-refractivity contribution < 1.29 is 0 Å². The summed E-state index contributed by atoms with van der Waals surface area (Å²) in [5.41, 5.74) is 11.4. The van der Waals surface area contributed by atoms with Gasteiger partial charge in [-0.25, -0.2) is 0 Å². The number of anilines is 6. The molecule has 8 aromatic carbocycles. The van der Waals surface area contributed by atoms with E-state index in [2.05, 4.69) is 228 Å². The van der Waals surface area contributed by atoms with Crippen LogP contribution in [-0.4, -0.2) is 0 Å². The Morgan fingerprint density at radius 3 is 1.14 bits per heavy atom. The summed E-state index contributed by atoms with van der Waals surface area (Å²) in [6, 6.07) is 73.1. The molecule has 0 aliphatic heterocycles. The van der Waals surface area contributed by atoms with Crippen molar-refractivity contribution in [2.24, 2.45) is 0 Å². The van der Waals surface area contributed by atoms with E-state index in [-0.39, 0.29) is 0 Å². The second-order valence-electron chi connectivity index (χ2n) is 12.3. The van der Waals surface area contributed by atoms with Gasteiger partial charge in [-0.3, -0.25) is 0 Å². The van der Waals surface area contributed by atoms with Gasteiger partial charge in [0.15, 0.2) is 0 Å². The summed E-state index contributed by atoms with van der Waals surface area (Å²) in [5, 5.41) is 2.47. The van der Waals surface area contributed by atoms with Crippen LogP contribution in [0.5, 0.6) is 0 Å². The molecule has 0 saturated carbocycles. The largest absolute Gasteiger partial charge is 0.311 e. The third kappa shape index (κ3) is 6.69. The van der Waals surface area contributed by atoms with Crippen LogP contribution in [0.4, 0.5) is 34.1 Å². The summed E-state index contributed by atoms with van der Waals surface area (Å²) in [5.74, 6) is 0. The number of hydrogen-bond acceptors (Lipinski definition) is 2. The molecule has 238 valence electrons.